The van der Waals surface area contributed by atoms with Gasteiger partial charge in [0.05, 0.1) is 24.2 Å². The molecule has 124 valence electrons. The van der Waals surface area contributed by atoms with Gasteiger partial charge in [0.25, 0.3) is 0 Å². The Balaban J connectivity index is 3.54. The zero-order valence-corrected chi connectivity index (χ0v) is 14.3. The minimum atomic E-state index is -3.49. The van der Waals surface area contributed by atoms with Crippen LogP contribution in [0.3, 0.4) is 0 Å². The Labute approximate surface area is 131 Å². The number of ether oxygens (including phenoxy) is 1. The summed E-state index contributed by atoms with van der Waals surface area (Å²) in [7, 11) is -2.10. The lowest BCUT2D eigenvalue weighted by atomic mass is 9.86. The van der Waals surface area contributed by atoms with Crippen molar-refractivity contribution >= 4 is 27.4 Å². The number of carbonyl (C=O) groups is 1. The summed E-state index contributed by atoms with van der Waals surface area (Å²) in [6.45, 7) is 7.45. The van der Waals surface area contributed by atoms with E-state index in [4.69, 9.17) is 10.5 Å². The number of benzene rings is 1. The number of urea groups is 1. The summed E-state index contributed by atoms with van der Waals surface area (Å²) in [5, 5.41) is 2.46. The van der Waals surface area contributed by atoms with Crippen molar-refractivity contribution < 1.29 is 17.9 Å². The van der Waals surface area contributed by atoms with E-state index in [1.54, 1.807) is 12.1 Å². The van der Waals surface area contributed by atoms with E-state index < -0.39 is 16.1 Å². The molecule has 22 heavy (non-hydrogen) atoms. The summed E-state index contributed by atoms with van der Waals surface area (Å²) in [4.78, 5) is 11.2. The van der Waals surface area contributed by atoms with Crippen LogP contribution in [0.1, 0.15) is 33.3 Å². The van der Waals surface area contributed by atoms with Crippen LogP contribution in [0.2, 0.25) is 0 Å². The largest absolute Gasteiger partial charge is 0.492 e. The van der Waals surface area contributed by atoms with Crippen LogP contribution in [-0.4, -0.2) is 27.3 Å². The minimum Gasteiger partial charge on any atom is -0.492 e. The monoisotopic (exact) mass is 329 g/mol. The standard InChI is InChI=1S/C14H23N3O4S/c1-6-22(19,20)17-11-8-9(14(2,3)4)7-10(12(11)21-5)16-13(15)18/h7-8,17H,6H2,1-5H3,(H3,15,16,18). The van der Waals surface area contributed by atoms with Crippen molar-refractivity contribution in [3.63, 3.8) is 0 Å². The molecule has 0 spiro atoms. The number of nitrogens with two attached hydrogens (primary N) is 1. The van der Waals surface area contributed by atoms with Crippen LogP contribution in [0.25, 0.3) is 0 Å². The number of amides is 2. The molecule has 0 saturated carbocycles. The molecule has 0 aliphatic heterocycles. The lowest BCUT2D eigenvalue weighted by molar-refractivity contribution is 0.259. The Kier molecular flexibility index (Phi) is 5.29. The van der Waals surface area contributed by atoms with Gasteiger partial charge in [-0.3, -0.25) is 4.72 Å². The van der Waals surface area contributed by atoms with E-state index >= 15 is 0 Å². The SMILES string of the molecule is CCS(=O)(=O)Nc1cc(C(C)(C)C)cc(NC(N)=O)c1OC. The highest BCUT2D eigenvalue weighted by Crippen LogP contribution is 2.39. The molecule has 4 N–H and O–H groups in total. The molecule has 8 heteroatoms. The van der Waals surface area contributed by atoms with E-state index in [2.05, 4.69) is 10.0 Å². The van der Waals surface area contributed by atoms with Crippen LogP contribution >= 0.6 is 0 Å². The fourth-order valence-electron chi connectivity index (χ4n) is 1.82. The first kappa shape index (κ1) is 18.1. The second-order valence-corrected chi connectivity index (χ2v) is 7.86. The van der Waals surface area contributed by atoms with Gasteiger partial charge in [-0.15, -0.1) is 0 Å². The van der Waals surface area contributed by atoms with Crippen LogP contribution in [-0.2, 0) is 15.4 Å². The maximum absolute atomic E-state index is 11.9. The molecule has 7 nitrogen and oxygen atoms in total. The summed E-state index contributed by atoms with van der Waals surface area (Å²) in [6.07, 6.45) is 0. The van der Waals surface area contributed by atoms with Gasteiger partial charge in [0, 0.05) is 0 Å². The van der Waals surface area contributed by atoms with E-state index in [1.807, 2.05) is 20.8 Å². The molecule has 0 bridgehead atoms. The number of methoxy groups -OCH3 is 1. The van der Waals surface area contributed by atoms with Crippen LogP contribution in [0.4, 0.5) is 16.2 Å². The van der Waals surface area contributed by atoms with Gasteiger partial charge in [0.2, 0.25) is 10.0 Å². The van der Waals surface area contributed by atoms with E-state index in [0.29, 0.717) is 5.69 Å². The smallest absolute Gasteiger partial charge is 0.316 e. The van der Waals surface area contributed by atoms with Crippen LogP contribution in [0, 0.1) is 0 Å². The van der Waals surface area contributed by atoms with E-state index in [-0.39, 0.29) is 22.6 Å². The molecule has 0 radical (unpaired) electrons. The quantitative estimate of drug-likeness (QED) is 0.769. The second-order valence-electron chi connectivity index (χ2n) is 5.85. The third-order valence-electron chi connectivity index (χ3n) is 3.06. The molecule has 1 rings (SSSR count). The average Bonchev–Trinajstić information content (AvgIpc) is 2.36. The highest BCUT2D eigenvalue weighted by Gasteiger charge is 2.22. The zero-order chi connectivity index (χ0) is 17.1. The average molecular weight is 329 g/mol. The topological polar surface area (TPSA) is 111 Å². The van der Waals surface area contributed by atoms with Crippen molar-refractivity contribution in [3.8, 4) is 5.75 Å². The van der Waals surface area contributed by atoms with Gasteiger partial charge >= 0.3 is 6.03 Å². The number of primary amides is 1. The maximum Gasteiger partial charge on any atom is 0.316 e. The fraction of sp³-hybridized carbons (Fsp3) is 0.500. The van der Waals surface area contributed by atoms with Crippen molar-refractivity contribution in [1.29, 1.82) is 0 Å². The van der Waals surface area contributed by atoms with Crippen molar-refractivity contribution in [2.45, 2.75) is 33.1 Å². The van der Waals surface area contributed by atoms with Crippen LogP contribution in [0.5, 0.6) is 5.75 Å². The minimum absolute atomic E-state index is 0.0749. The predicted molar refractivity (Wildman–Crippen MR) is 88.0 cm³/mol. The van der Waals surface area contributed by atoms with Crippen molar-refractivity contribution in [1.82, 2.24) is 0 Å². The molecule has 0 aliphatic rings. The zero-order valence-electron chi connectivity index (χ0n) is 13.5. The Morgan fingerprint density at radius 3 is 2.23 bits per heavy atom. The highest BCUT2D eigenvalue weighted by molar-refractivity contribution is 7.92. The number of rotatable bonds is 5. The number of hydrogen-bond acceptors (Lipinski definition) is 4. The number of anilines is 2. The molecule has 0 aromatic heterocycles. The summed E-state index contributed by atoms with van der Waals surface area (Å²) in [6, 6.07) is 2.65. The van der Waals surface area contributed by atoms with Crippen LogP contribution in [0.15, 0.2) is 12.1 Å². The van der Waals surface area contributed by atoms with Crippen molar-refractivity contribution in [2.75, 3.05) is 22.9 Å². The van der Waals surface area contributed by atoms with Crippen LogP contribution < -0.4 is 20.5 Å². The molecule has 0 heterocycles. The summed E-state index contributed by atoms with van der Waals surface area (Å²) in [5.41, 5.74) is 6.31. The molecular weight excluding hydrogens is 306 g/mol. The fourth-order valence-corrected chi connectivity index (χ4v) is 2.45. The van der Waals surface area contributed by atoms with Crippen molar-refractivity contribution in [2.24, 2.45) is 5.73 Å². The summed E-state index contributed by atoms with van der Waals surface area (Å²) < 4.78 is 31.4. The third kappa shape index (κ3) is 4.52. The second kappa shape index (κ2) is 6.43. The van der Waals surface area contributed by atoms with E-state index in [9.17, 15) is 13.2 Å². The Bertz CT molecular complexity index is 663. The Morgan fingerprint density at radius 2 is 1.82 bits per heavy atom. The summed E-state index contributed by atoms with van der Waals surface area (Å²) >= 11 is 0. The molecule has 0 atom stereocenters. The molecule has 0 fully saturated rings. The Morgan fingerprint density at radius 1 is 1.27 bits per heavy atom. The number of hydrogen-bond donors (Lipinski definition) is 3. The van der Waals surface area contributed by atoms with E-state index in [1.165, 1.54) is 14.0 Å². The molecule has 2 amide bonds. The van der Waals surface area contributed by atoms with Gasteiger partial charge < -0.3 is 15.8 Å². The van der Waals surface area contributed by atoms with Gasteiger partial charge in [0.15, 0.2) is 5.75 Å². The number of carbonyl (C=O) groups excluding carboxylic acids is 1. The first-order valence-corrected chi connectivity index (χ1v) is 8.45. The predicted octanol–water partition coefficient (Wildman–Crippen LogP) is 2.24. The normalized spacial score (nSPS) is 11.9. The molecule has 1 aromatic rings. The van der Waals surface area contributed by atoms with E-state index in [0.717, 1.165) is 5.56 Å². The van der Waals surface area contributed by atoms with Gasteiger partial charge in [-0.2, -0.15) is 0 Å². The highest BCUT2D eigenvalue weighted by atomic mass is 32.2. The Hall–Kier alpha value is -1.96. The number of nitrogens with one attached hydrogen (secondary N) is 2. The van der Waals surface area contributed by atoms with Gasteiger partial charge in [-0.25, -0.2) is 13.2 Å². The third-order valence-corrected chi connectivity index (χ3v) is 4.35. The molecular formula is C14H23N3O4S. The first-order chi connectivity index (χ1) is 10.00. The van der Waals surface area contributed by atoms with Gasteiger partial charge in [-0.1, -0.05) is 20.8 Å². The lowest BCUT2D eigenvalue weighted by Crippen LogP contribution is -2.22. The first-order valence-electron chi connectivity index (χ1n) is 6.79. The van der Waals surface area contributed by atoms with Gasteiger partial charge in [-0.05, 0) is 30.0 Å². The molecule has 1 aromatic carbocycles. The molecule has 0 saturated heterocycles. The van der Waals surface area contributed by atoms with Gasteiger partial charge in [0.1, 0.15) is 0 Å². The number of sulfonamides is 1. The molecule has 0 aliphatic carbocycles. The maximum atomic E-state index is 11.9. The lowest BCUT2D eigenvalue weighted by Gasteiger charge is -2.23. The van der Waals surface area contributed by atoms with Crippen molar-refractivity contribution in [3.05, 3.63) is 17.7 Å². The summed E-state index contributed by atoms with van der Waals surface area (Å²) in [5.74, 6) is 0.137. The molecule has 0 unspecified atom stereocenters.